The second kappa shape index (κ2) is 19.8. The summed E-state index contributed by atoms with van der Waals surface area (Å²) in [5, 5.41) is 0. The topological polar surface area (TPSA) is 3.88 Å². The molecule has 1 nitrogen and oxygen atoms in total. The van der Waals surface area contributed by atoms with Crippen LogP contribution in [0, 0.1) is 13.8 Å². The number of unbranched alkanes of at least 4 members (excludes halogenated alkanes) is 17. The molecule has 0 N–H and O–H groups in total. The molecular weight excluding hydrogens is 374 g/mol. The first-order chi connectivity index (χ1) is 15.2. The highest BCUT2D eigenvalue weighted by molar-refractivity contribution is 5.14. The lowest BCUT2D eigenvalue weighted by molar-refractivity contribution is -0.710. The zero-order valence-electron chi connectivity index (χ0n) is 22.0. The van der Waals surface area contributed by atoms with Crippen molar-refractivity contribution in [1.82, 2.24) is 0 Å². The van der Waals surface area contributed by atoms with Crippen molar-refractivity contribution in [3.8, 4) is 0 Å². The molecule has 0 radical (unpaired) electrons. The highest BCUT2D eigenvalue weighted by Gasteiger charge is 2.14. The summed E-state index contributed by atoms with van der Waals surface area (Å²) in [5.41, 5.74) is 4.47. The third kappa shape index (κ3) is 14.8. The Balaban J connectivity index is 2.22. The molecule has 0 saturated carbocycles. The predicted molar refractivity (Wildman–Crippen MR) is 139 cm³/mol. The number of hydrogen-bond donors (Lipinski definition) is 0. The Hall–Kier alpha value is -0.850. The first-order valence-electron chi connectivity index (χ1n) is 14.2. The van der Waals surface area contributed by atoms with Crippen LogP contribution < -0.4 is 4.57 Å². The van der Waals surface area contributed by atoms with E-state index in [1.165, 1.54) is 146 Å². The van der Waals surface area contributed by atoms with E-state index in [0.717, 1.165) is 0 Å². The van der Waals surface area contributed by atoms with Crippen LogP contribution in [-0.4, -0.2) is 0 Å². The van der Waals surface area contributed by atoms with E-state index < -0.39 is 0 Å². The van der Waals surface area contributed by atoms with Crippen LogP contribution in [0.1, 0.15) is 153 Å². The van der Waals surface area contributed by atoms with Crippen LogP contribution in [0.3, 0.4) is 0 Å². The minimum Gasteiger partial charge on any atom is -0.200 e. The molecule has 0 aliphatic carbocycles. The lowest BCUT2D eigenvalue weighted by Crippen LogP contribution is -2.41. The minimum atomic E-state index is 1.22. The van der Waals surface area contributed by atoms with Crippen molar-refractivity contribution in [3.05, 3.63) is 29.1 Å². The van der Waals surface area contributed by atoms with Gasteiger partial charge in [-0.15, -0.1) is 0 Å². The molecular formula is C30H56N+. The van der Waals surface area contributed by atoms with E-state index in [1.807, 2.05) is 0 Å². The van der Waals surface area contributed by atoms with Crippen molar-refractivity contribution in [2.45, 2.75) is 163 Å². The van der Waals surface area contributed by atoms with Crippen LogP contribution in [0.4, 0.5) is 0 Å². The van der Waals surface area contributed by atoms with Gasteiger partial charge in [0, 0.05) is 31.9 Å². The molecule has 0 aromatic carbocycles. The van der Waals surface area contributed by atoms with Gasteiger partial charge >= 0.3 is 0 Å². The number of hydrogen-bond acceptors (Lipinski definition) is 0. The summed E-state index contributed by atoms with van der Waals surface area (Å²) < 4.78 is 2.63. The number of nitrogens with zero attached hydrogens (tertiary/aromatic N) is 1. The lowest BCUT2D eigenvalue weighted by atomic mass is 10.0. The van der Waals surface area contributed by atoms with E-state index in [1.54, 1.807) is 5.69 Å². The van der Waals surface area contributed by atoms with Crippen molar-refractivity contribution in [1.29, 1.82) is 0 Å². The van der Waals surface area contributed by atoms with Crippen molar-refractivity contribution < 1.29 is 4.57 Å². The molecule has 0 aliphatic rings. The monoisotopic (exact) mass is 430 g/mol. The van der Waals surface area contributed by atoms with E-state index >= 15 is 0 Å². The van der Waals surface area contributed by atoms with Crippen LogP contribution in [0.15, 0.2) is 12.1 Å². The van der Waals surface area contributed by atoms with Crippen LogP contribution in [0.2, 0.25) is 0 Å². The Morgan fingerprint density at radius 3 is 1.42 bits per heavy atom. The highest BCUT2D eigenvalue weighted by atomic mass is 15.0. The van der Waals surface area contributed by atoms with Gasteiger partial charge in [0.05, 0.1) is 0 Å². The summed E-state index contributed by atoms with van der Waals surface area (Å²) in [5.74, 6) is 0. The van der Waals surface area contributed by atoms with E-state index in [4.69, 9.17) is 0 Å². The summed E-state index contributed by atoms with van der Waals surface area (Å²) in [6.45, 7) is 10.4. The summed E-state index contributed by atoms with van der Waals surface area (Å²) in [4.78, 5) is 0. The normalized spacial score (nSPS) is 11.4. The van der Waals surface area contributed by atoms with Crippen molar-refractivity contribution >= 4 is 0 Å². The fraction of sp³-hybridized carbons (Fsp3) is 0.833. The van der Waals surface area contributed by atoms with Gasteiger partial charge < -0.3 is 0 Å². The average molecular weight is 431 g/mol. The first kappa shape index (κ1) is 28.2. The smallest absolute Gasteiger partial charge is 0.181 e. The number of aromatic nitrogens is 1. The van der Waals surface area contributed by atoms with Gasteiger partial charge in [0.2, 0.25) is 0 Å². The molecule has 31 heavy (non-hydrogen) atoms. The molecule has 0 unspecified atom stereocenters. The lowest BCUT2D eigenvalue weighted by Gasteiger charge is -2.09. The van der Waals surface area contributed by atoms with E-state index in [0.29, 0.717) is 0 Å². The molecule has 0 fully saturated rings. The second-order valence-corrected chi connectivity index (χ2v) is 10.1. The Bertz CT molecular complexity index is 533. The van der Waals surface area contributed by atoms with Crippen LogP contribution in [0.5, 0.6) is 0 Å². The van der Waals surface area contributed by atoms with Gasteiger partial charge in [-0.25, -0.2) is 4.57 Å². The predicted octanol–water partition coefficient (Wildman–Crippen LogP) is 9.59. The quantitative estimate of drug-likeness (QED) is 0.135. The van der Waals surface area contributed by atoms with Crippen molar-refractivity contribution in [2.24, 2.45) is 0 Å². The molecule has 1 rings (SSSR count). The van der Waals surface area contributed by atoms with Crippen molar-refractivity contribution in [2.75, 3.05) is 0 Å². The Morgan fingerprint density at radius 1 is 0.516 bits per heavy atom. The molecule has 0 aliphatic heterocycles. The van der Waals surface area contributed by atoms with Gasteiger partial charge in [-0.05, 0) is 25.3 Å². The maximum absolute atomic E-state index is 2.63. The molecule has 1 heterocycles. The van der Waals surface area contributed by atoms with E-state index in [2.05, 4.69) is 44.4 Å². The van der Waals surface area contributed by atoms with Gasteiger partial charge in [0.25, 0.3) is 0 Å². The first-order valence-corrected chi connectivity index (χ1v) is 14.2. The molecule has 1 aromatic heterocycles. The Morgan fingerprint density at radius 2 is 0.935 bits per heavy atom. The van der Waals surface area contributed by atoms with E-state index in [9.17, 15) is 0 Å². The summed E-state index contributed by atoms with van der Waals surface area (Å²) >= 11 is 0. The van der Waals surface area contributed by atoms with Gasteiger partial charge in [-0.3, -0.25) is 0 Å². The maximum Gasteiger partial charge on any atom is 0.181 e. The van der Waals surface area contributed by atoms with Gasteiger partial charge in [-0.1, -0.05) is 117 Å². The second-order valence-electron chi connectivity index (χ2n) is 10.1. The van der Waals surface area contributed by atoms with Gasteiger partial charge in [0.15, 0.2) is 11.4 Å². The molecule has 0 spiro atoms. The fourth-order valence-corrected chi connectivity index (χ4v) is 4.92. The number of rotatable bonds is 21. The Kier molecular flexibility index (Phi) is 18.0. The average Bonchev–Trinajstić information content (AvgIpc) is 2.75. The SMILES string of the molecule is CCCCCCCCCCCC[n+]1c(C)cc(C)cc1CCCCCCCCCCC. The van der Waals surface area contributed by atoms with Crippen LogP contribution in [0.25, 0.3) is 0 Å². The molecule has 180 valence electrons. The molecule has 1 heteroatoms. The highest BCUT2D eigenvalue weighted by Crippen LogP contribution is 2.13. The standard InChI is InChI=1S/C30H56N/c1-5-7-9-11-13-15-17-19-21-23-25-31-29(4)26-28(3)27-30(31)24-22-20-18-16-14-12-10-8-6-2/h26-27H,5-25H2,1-4H3/q+1. The van der Waals surface area contributed by atoms with Gasteiger partial charge in [-0.2, -0.15) is 0 Å². The van der Waals surface area contributed by atoms with Gasteiger partial charge in [0.1, 0.15) is 6.54 Å². The largest absolute Gasteiger partial charge is 0.200 e. The maximum atomic E-state index is 2.63. The summed E-state index contributed by atoms with van der Waals surface area (Å²) in [7, 11) is 0. The molecule has 1 aromatic rings. The minimum absolute atomic E-state index is 1.22. The number of aryl methyl sites for hydroxylation is 3. The summed E-state index contributed by atoms with van der Waals surface area (Å²) in [6.07, 6.45) is 28.2. The fourth-order valence-electron chi connectivity index (χ4n) is 4.92. The van der Waals surface area contributed by atoms with E-state index in [-0.39, 0.29) is 0 Å². The third-order valence-electron chi connectivity index (χ3n) is 6.88. The van der Waals surface area contributed by atoms with Crippen LogP contribution >= 0.6 is 0 Å². The number of pyridine rings is 1. The zero-order valence-corrected chi connectivity index (χ0v) is 22.0. The Labute approximate surface area is 196 Å². The molecule has 0 saturated heterocycles. The molecule has 0 amide bonds. The zero-order chi connectivity index (χ0) is 22.6. The summed E-state index contributed by atoms with van der Waals surface area (Å²) in [6, 6.07) is 4.82. The molecule has 0 atom stereocenters. The van der Waals surface area contributed by atoms with Crippen molar-refractivity contribution in [3.63, 3.8) is 0 Å². The molecule has 0 bridgehead atoms. The third-order valence-corrected chi connectivity index (χ3v) is 6.88. The van der Waals surface area contributed by atoms with Crippen LogP contribution in [-0.2, 0) is 13.0 Å².